The van der Waals surface area contributed by atoms with Gasteiger partial charge in [-0.25, -0.2) is 9.18 Å². The molecule has 4 rings (SSSR count). The summed E-state index contributed by atoms with van der Waals surface area (Å²) in [7, 11) is 0. The number of anilines is 1. The minimum Gasteiger partial charge on any atom is -0.489 e. The van der Waals surface area contributed by atoms with Crippen molar-refractivity contribution in [1.82, 2.24) is 0 Å². The average molecular weight is 312 g/mol. The van der Waals surface area contributed by atoms with Crippen LogP contribution in [0.15, 0.2) is 53.6 Å². The van der Waals surface area contributed by atoms with Crippen molar-refractivity contribution in [3.8, 4) is 5.75 Å². The van der Waals surface area contributed by atoms with E-state index in [-0.39, 0.29) is 11.8 Å². The topological polar surface area (TPSA) is 62.1 Å². The predicted octanol–water partition coefficient (Wildman–Crippen LogP) is 2.63. The molecule has 0 aliphatic carbocycles. The number of halogens is 1. The average Bonchev–Trinajstić information content (AvgIpc) is 2.96. The Morgan fingerprint density at radius 1 is 1.26 bits per heavy atom. The first kappa shape index (κ1) is 13.8. The van der Waals surface area contributed by atoms with Crippen LogP contribution >= 0.6 is 0 Å². The molecule has 5 nitrogen and oxygen atoms in total. The highest BCUT2D eigenvalue weighted by atomic mass is 19.1. The number of hydrogen-bond donors (Lipinski definition) is 1. The van der Waals surface area contributed by atoms with Gasteiger partial charge >= 0.3 is 5.97 Å². The van der Waals surface area contributed by atoms with Crippen molar-refractivity contribution in [3.63, 3.8) is 0 Å². The van der Waals surface area contributed by atoms with Gasteiger partial charge in [-0.2, -0.15) is 5.10 Å². The Labute approximate surface area is 131 Å². The van der Waals surface area contributed by atoms with Crippen LogP contribution in [0, 0.1) is 5.82 Å². The summed E-state index contributed by atoms with van der Waals surface area (Å²) < 4.78 is 19.3. The zero-order valence-corrected chi connectivity index (χ0v) is 12.0. The fourth-order valence-corrected chi connectivity index (χ4v) is 3.16. The largest absolute Gasteiger partial charge is 0.489 e. The maximum absolute atomic E-state index is 13.6. The lowest BCUT2D eigenvalue weighted by Gasteiger charge is -2.33. The van der Waals surface area contributed by atoms with Gasteiger partial charge < -0.3 is 9.84 Å². The van der Waals surface area contributed by atoms with Crippen molar-refractivity contribution < 1.29 is 19.0 Å². The molecule has 0 saturated heterocycles. The van der Waals surface area contributed by atoms with Crippen molar-refractivity contribution in [2.45, 2.75) is 12.0 Å². The molecule has 23 heavy (non-hydrogen) atoms. The lowest BCUT2D eigenvalue weighted by molar-refractivity contribution is -0.129. The molecule has 0 amide bonds. The van der Waals surface area contributed by atoms with Crippen LogP contribution in [-0.4, -0.2) is 29.4 Å². The van der Waals surface area contributed by atoms with E-state index in [1.54, 1.807) is 5.01 Å². The molecule has 0 spiro atoms. The molecule has 2 aliphatic rings. The molecule has 0 saturated carbocycles. The summed E-state index contributed by atoms with van der Waals surface area (Å²) in [6, 6.07) is 13.2. The molecule has 0 fully saturated rings. The number of hydrogen-bond acceptors (Lipinski definition) is 4. The third-order valence-corrected chi connectivity index (χ3v) is 4.16. The van der Waals surface area contributed by atoms with Crippen molar-refractivity contribution in [2.75, 3.05) is 11.6 Å². The van der Waals surface area contributed by atoms with Crippen LogP contribution in [0.5, 0.6) is 5.75 Å². The number of carboxylic acids is 1. The zero-order valence-electron chi connectivity index (χ0n) is 12.0. The second kappa shape index (κ2) is 5.08. The van der Waals surface area contributed by atoms with Crippen LogP contribution in [0.1, 0.15) is 11.5 Å². The van der Waals surface area contributed by atoms with E-state index in [0.717, 1.165) is 5.56 Å². The Bertz CT molecular complexity index is 807. The van der Waals surface area contributed by atoms with Gasteiger partial charge in [0.1, 0.15) is 23.9 Å². The molecule has 0 bridgehead atoms. The van der Waals surface area contributed by atoms with Crippen molar-refractivity contribution in [2.24, 2.45) is 5.10 Å². The molecule has 2 heterocycles. The molecule has 2 aromatic carbocycles. The Morgan fingerprint density at radius 2 is 2.04 bits per heavy atom. The molecule has 2 atom stereocenters. The van der Waals surface area contributed by atoms with E-state index in [0.29, 0.717) is 18.0 Å². The molecule has 6 heteroatoms. The van der Waals surface area contributed by atoms with E-state index >= 15 is 0 Å². The van der Waals surface area contributed by atoms with Gasteiger partial charge in [0.2, 0.25) is 0 Å². The van der Waals surface area contributed by atoms with Crippen molar-refractivity contribution >= 4 is 17.4 Å². The van der Waals surface area contributed by atoms with Gasteiger partial charge in [0.15, 0.2) is 5.71 Å². The van der Waals surface area contributed by atoms with Gasteiger partial charge in [0.25, 0.3) is 0 Å². The maximum atomic E-state index is 13.6. The molecule has 2 aliphatic heterocycles. The van der Waals surface area contributed by atoms with E-state index in [1.165, 1.54) is 18.2 Å². The Hall–Kier alpha value is -2.89. The smallest absolute Gasteiger partial charge is 0.352 e. The number of rotatable bonds is 2. The van der Waals surface area contributed by atoms with Crippen LogP contribution in [0.25, 0.3) is 0 Å². The molecule has 116 valence electrons. The molecule has 0 unspecified atom stereocenters. The van der Waals surface area contributed by atoms with Crippen LogP contribution < -0.4 is 9.75 Å². The summed E-state index contributed by atoms with van der Waals surface area (Å²) >= 11 is 0. The first-order valence-electron chi connectivity index (χ1n) is 7.23. The lowest BCUT2D eigenvalue weighted by Crippen LogP contribution is -2.41. The second-order valence-electron chi connectivity index (χ2n) is 5.51. The van der Waals surface area contributed by atoms with E-state index in [1.807, 2.05) is 30.3 Å². The predicted molar refractivity (Wildman–Crippen MR) is 82.4 cm³/mol. The number of carboxylic acid groups (broad SMARTS) is 1. The van der Waals surface area contributed by atoms with E-state index < -0.39 is 17.7 Å². The molecule has 2 aromatic rings. The molecular formula is C17H13FN2O3. The number of fused-ring (bicyclic) bond motifs is 3. The molecular weight excluding hydrogens is 299 g/mol. The Kier molecular flexibility index (Phi) is 3.04. The Morgan fingerprint density at radius 3 is 2.78 bits per heavy atom. The van der Waals surface area contributed by atoms with E-state index in [2.05, 4.69) is 5.10 Å². The van der Waals surface area contributed by atoms with Gasteiger partial charge in [-0.05, 0) is 17.7 Å². The SMILES string of the molecule is O=C(O)C1=NN2c3cc(F)ccc3OC[C@H]2[C@H]1c1ccccc1. The van der Waals surface area contributed by atoms with E-state index in [4.69, 9.17) is 4.74 Å². The van der Waals surface area contributed by atoms with Crippen molar-refractivity contribution in [3.05, 3.63) is 59.9 Å². The van der Waals surface area contributed by atoms with Crippen LogP contribution in [0.3, 0.4) is 0 Å². The van der Waals surface area contributed by atoms with Crippen LogP contribution in [0.2, 0.25) is 0 Å². The third kappa shape index (κ3) is 2.14. The number of hydrazone groups is 1. The first-order valence-corrected chi connectivity index (χ1v) is 7.23. The number of carbonyl (C=O) groups is 1. The normalized spacial score (nSPS) is 22.0. The van der Waals surface area contributed by atoms with Gasteiger partial charge in [0.05, 0.1) is 12.0 Å². The highest BCUT2D eigenvalue weighted by Crippen LogP contribution is 2.42. The van der Waals surface area contributed by atoms with E-state index in [9.17, 15) is 14.3 Å². The Balaban J connectivity index is 1.83. The summed E-state index contributed by atoms with van der Waals surface area (Å²) in [5, 5.41) is 15.3. The summed E-state index contributed by atoms with van der Waals surface area (Å²) in [6.45, 7) is 0.290. The van der Waals surface area contributed by atoms with Gasteiger partial charge in [-0.3, -0.25) is 5.01 Å². The molecule has 0 aromatic heterocycles. The fourth-order valence-electron chi connectivity index (χ4n) is 3.16. The molecule has 1 N–H and O–H groups in total. The van der Waals surface area contributed by atoms with Gasteiger partial charge in [-0.15, -0.1) is 0 Å². The maximum Gasteiger partial charge on any atom is 0.352 e. The molecule has 0 radical (unpaired) electrons. The lowest BCUT2D eigenvalue weighted by atomic mass is 9.87. The second-order valence-corrected chi connectivity index (χ2v) is 5.51. The minimum absolute atomic E-state index is 0.0434. The summed E-state index contributed by atoms with van der Waals surface area (Å²) in [5.74, 6) is -1.41. The standard InChI is InChI=1S/C17H13FN2O3/c18-11-6-7-14-12(8-11)20-13(9-23-14)15(16(19-20)17(21)22)10-4-2-1-3-5-10/h1-8,13,15H,9H2,(H,21,22)/t13-,15+/m0/s1. The number of ether oxygens (including phenoxy) is 1. The zero-order chi connectivity index (χ0) is 16.0. The third-order valence-electron chi connectivity index (χ3n) is 4.16. The highest BCUT2D eigenvalue weighted by molar-refractivity contribution is 6.39. The summed E-state index contributed by atoms with van der Waals surface area (Å²) in [4.78, 5) is 11.6. The minimum atomic E-state index is -1.08. The number of benzene rings is 2. The quantitative estimate of drug-likeness (QED) is 0.926. The van der Waals surface area contributed by atoms with Crippen LogP contribution in [-0.2, 0) is 4.79 Å². The summed E-state index contributed by atoms with van der Waals surface area (Å²) in [5.41, 5.74) is 1.35. The van der Waals surface area contributed by atoms with Crippen LogP contribution in [0.4, 0.5) is 10.1 Å². The number of nitrogens with zero attached hydrogens (tertiary/aromatic N) is 2. The first-order chi connectivity index (χ1) is 11.1. The number of aliphatic carboxylic acids is 1. The fraction of sp³-hybridized carbons (Fsp3) is 0.176. The highest BCUT2D eigenvalue weighted by Gasteiger charge is 2.45. The monoisotopic (exact) mass is 312 g/mol. The van der Waals surface area contributed by atoms with Gasteiger partial charge in [-0.1, -0.05) is 30.3 Å². The summed E-state index contributed by atoms with van der Waals surface area (Å²) in [6.07, 6.45) is 0. The van der Waals surface area contributed by atoms with Gasteiger partial charge in [0, 0.05) is 6.07 Å². The van der Waals surface area contributed by atoms with Crippen molar-refractivity contribution in [1.29, 1.82) is 0 Å².